The van der Waals surface area contributed by atoms with Gasteiger partial charge in [0.1, 0.15) is 5.76 Å². The monoisotopic (exact) mass is 306 g/mol. The van der Waals surface area contributed by atoms with Crippen molar-refractivity contribution in [2.24, 2.45) is 0 Å². The Balaban J connectivity index is 1.96. The van der Waals surface area contributed by atoms with Gasteiger partial charge in [-0.1, -0.05) is 33.2 Å². The van der Waals surface area contributed by atoms with E-state index >= 15 is 0 Å². The number of hydrogen-bond donors (Lipinski definition) is 1. The van der Waals surface area contributed by atoms with Gasteiger partial charge in [0.15, 0.2) is 5.82 Å². The van der Waals surface area contributed by atoms with Crippen LogP contribution in [-0.4, -0.2) is 11.1 Å². The van der Waals surface area contributed by atoms with Gasteiger partial charge >= 0.3 is 0 Å². The Morgan fingerprint density at radius 2 is 2.11 bits per heavy atom. The van der Waals surface area contributed by atoms with Crippen molar-refractivity contribution in [2.45, 2.75) is 6.92 Å². The van der Waals surface area contributed by atoms with E-state index in [-0.39, 0.29) is 5.91 Å². The average molecular weight is 307 g/mol. The summed E-state index contributed by atoms with van der Waals surface area (Å²) in [5.74, 6) is 0.825. The standard InChI is InChI=1S/C13H11BrN2O2/c1-9-8-12(16-18-9)15-13(17)7-4-10-2-5-11(14)6-3-10/h2-8H,1H3,(H,15,16,17)/b7-4+. The predicted octanol–water partition coefficient (Wildman–Crippen LogP) is 3.40. The largest absolute Gasteiger partial charge is 0.360 e. The fourth-order valence-corrected chi connectivity index (χ4v) is 1.60. The molecule has 1 N–H and O–H groups in total. The number of carbonyl (C=O) groups is 1. The number of hydrogen-bond acceptors (Lipinski definition) is 3. The Bertz CT molecular complexity index is 573. The van der Waals surface area contributed by atoms with Crippen LogP contribution >= 0.6 is 15.9 Å². The highest BCUT2D eigenvalue weighted by Crippen LogP contribution is 2.12. The molecular formula is C13H11BrN2O2. The number of rotatable bonds is 3. The molecular weight excluding hydrogens is 296 g/mol. The molecule has 0 spiro atoms. The molecule has 0 saturated heterocycles. The first kappa shape index (κ1) is 12.6. The molecule has 18 heavy (non-hydrogen) atoms. The van der Waals surface area contributed by atoms with Crippen LogP contribution in [0.25, 0.3) is 6.08 Å². The lowest BCUT2D eigenvalue weighted by molar-refractivity contribution is -0.111. The van der Waals surface area contributed by atoms with Crippen LogP contribution < -0.4 is 5.32 Å². The summed E-state index contributed by atoms with van der Waals surface area (Å²) in [6.07, 6.45) is 3.18. The van der Waals surface area contributed by atoms with Crippen molar-refractivity contribution in [2.75, 3.05) is 5.32 Å². The topological polar surface area (TPSA) is 55.1 Å². The van der Waals surface area contributed by atoms with E-state index in [2.05, 4.69) is 26.4 Å². The van der Waals surface area contributed by atoms with E-state index in [1.807, 2.05) is 24.3 Å². The van der Waals surface area contributed by atoms with Crippen molar-refractivity contribution in [3.8, 4) is 0 Å². The molecule has 2 rings (SSSR count). The van der Waals surface area contributed by atoms with E-state index in [0.717, 1.165) is 10.0 Å². The Morgan fingerprint density at radius 3 is 2.72 bits per heavy atom. The number of halogens is 1. The van der Waals surface area contributed by atoms with Crippen LogP contribution in [0.5, 0.6) is 0 Å². The molecule has 0 aliphatic rings. The Morgan fingerprint density at radius 1 is 1.39 bits per heavy atom. The van der Waals surface area contributed by atoms with Crippen LogP contribution in [0.3, 0.4) is 0 Å². The Hall–Kier alpha value is -1.88. The molecule has 2 aromatic rings. The highest BCUT2D eigenvalue weighted by molar-refractivity contribution is 9.10. The second kappa shape index (κ2) is 5.64. The number of amides is 1. The maximum Gasteiger partial charge on any atom is 0.249 e. The normalized spacial score (nSPS) is 10.8. The summed E-state index contributed by atoms with van der Waals surface area (Å²) in [5.41, 5.74) is 0.949. The molecule has 1 aromatic heterocycles. The van der Waals surface area contributed by atoms with Gasteiger partial charge in [-0.3, -0.25) is 4.79 Å². The number of aromatic nitrogens is 1. The Labute approximate surface area is 113 Å². The van der Waals surface area contributed by atoms with Crippen LogP contribution in [0.1, 0.15) is 11.3 Å². The first-order valence-electron chi connectivity index (χ1n) is 5.31. The smallest absolute Gasteiger partial charge is 0.249 e. The summed E-state index contributed by atoms with van der Waals surface area (Å²) in [5, 5.41) is 6.28. The minimum absolute atomic E-state index is 0.244. The minimum atomic E-state index is -0.244. The SMILES string of the molecule is Cc1cc(NC(=O)/C=C/c2ccc(Br)cc2)no1. The zero-order chi connectivity index (χ0) is 13.0. The quantitative estimate of drug-likeness (QED) is 0.884. The third-order valence-electron chi connectivity index (χ3n) is 2.18. The fourth-order valence-electron chi connectivity index (χ4n) is 1.34. The molecule has 4 nitrogen and oxygen atoms in total. The predicted molar refractivity (Wildman–Crippen MR) is 73.0 cm³/mol. The highest BCUT2D eigenvalue weighted by atomic mass is 79.9. The number of carbonyl (C=O) groups excluding carboxylic acids is 1. The third kappa shape index (κ3) is 3.56. The molecule has 0 aliphatic carbocycles. The van der Waals surface area contributed by atoms with Crippen molar-refractivity contribution >= 4 is 33.7 Å². The van der Waals surface area contributed by atoms with E-state index in [1.165, 1.54) is 6.08 Å². The summed E-state index contributed by atoms with van der Waals surface area (Å²) in [6, 6.07) is 9.31. The molecule has 0 saturated carbocycles. The molecule has 0 bridgehead atoms. The molecule has 5 heteroatoms. The average Bonchev–Trinajstić information content (AvgIpc) is 2.74. The summed E-state index contributed by atoms with van der Waals surface area (Å²) in [7, 11) is 0. The molecule has 92 valence electrons. The van der Waals surface area contributed by atoms with E-state index in [9.17, 15) is 4.79 Å². The first-order chi connectivity index (χ1) is 8.63. The van der Waals surface area contributed by atoms with E-state index < -0.39 is 0 Å². The van der Waals surface area contributed by atoms with Gasteiger partial charge in [-0.15, -0.1) is 0 Å². The number of benzene rings is 1. The van der Waals surface area contributed by atoms with Gasteiger partial charge in [-0.05, 0) is 30.7 Å². The Kier molecular flexibility index (Phi) is 3.94. The highest BCUT2D eigenvalue weighted by Gasteiger charge is 2.02. The van der Waals surface area contributed by atoms with Gasteiger partial charge in [-0.25, -0.2) is 0 Å². The molecule has 0 unspecified atom stereocenters. The molecule has 0 fully saturated rings. The van der Waals surface area contributed by atoms with Crippen LogP contribution in [0.15, 0.2) is 45.4 Å². The van der Waals surface area contributed by atoms with Crippen LogP contribution in [0.2, 0.25) is 0 Å². The lowest BCUT2D eigenvalue weighted by Crippen LogP contribution is -2.07. The van der Waals surface area contributed by atoms with E-state index in [1.54, 1.807) is 19.1 Å². The number of aryl methyl sites for hydroxylation is 1. The summed E-state index contributed by atoms with van der Waals surface area (Å²) in [6.45, 7) is 1.76. The van der Waals surface area contributed by atoms with Gasteiger partial charge < -0.3 is 9.84 Å². The van der Waals surface area contributed by atoms with Gasteiger partial charge in [0.25, 0.3) is 0 Å². The zero-order valence-electron chi connectivity index (χ0n) is 9.68. The van der Waals surface area contributed by atoms with Crippen molar-refractivity contribution in [3.05, 3.63) is 52.2 Å². The number of nitrogens with zero attached hydrogens (tertiary/aromatic N) is 1. The first-order valence-corrected chi connectivity index (χ1v) is 6.11. The summed E-state index contributed by atoms with van der Waals surface area (Å²) in [4.78, 5) is 11.6. The van der Waals surface area contributed by atoms with Gasteiger partial charge in [0.05, 0.1) is 0 Å². The maximum absolute atomic E-state index is 11.6. The fraction of sp³-hybridized carbons (Fsp3) is 0.0769. The number of anilines is 1. The van der Waals surface area contributed by atoms with E-state index in [0.29, 0.717) is 11.6 Å². The lowest BCUT2D eigenvalue weighted by Gasteiger charge is -1.95. The van der Waals surface area contributed by atoms with Gasteiger partial charge in [-0.2, -0.15) is 0 Å². The van der Waals surface area contributed by atoms with Crippen molar-refractivity contribution < 1.29 is 9.32 Å². The minimum Gasteiger partial charge on any atom is -0.360 e. The molecule has 1 heterocycles. The molecule has 0 atom stereocenters. The number of nitrogens with one attached hydrogen (secondary N) is 1. The zero-order valence-corrected chi connectivity index (χ0v) is 11.3. The van der Waals surface area contributed by atoms with Crippen molar-refractivity contribution in [3.63, 3.8) is 0 Å². The maximum atomic E-state index is 11.6. The van der Waals surface area contributed by atoms with Crippen molar-refractivity contribution in [1.82, 2.24) is 5.16 Å². The molecule has 1 amide bonds. The molecule has 0 aliphatic heterocycles. The second-order valence-electron chi connectivity index (χ2n) is 3.70. The van der Waals surface area contributed by atoms with E-state index in [4.69, 9.17) is 4.52 Å². The van der Waals surface area contributed by atoms with Crippen LogP contribution in [-0.2, 0) is 4.79 Å². The van der Waals surface area contributed by atoms with Crippen LogP contribution in [0.4, 0.5) is 5.82 Å². The third-order valence-corrected chi connectivity index (χ3v) is 2.71. The van der Waals surface area contributed by atoms with Crippen LogP contribution in [0, 0.1) is 6.92 Å². The van der Waals surface area contributed by atoms with Gasteiger partial charge in [0.2, 0.25) is 5.91 Å². The van der Waals surface area contributed by atoms with Gasteiger partial charge in [0, 0.05) is 16.6 Å². The summed E-state index contributed by atoms with van der Waals surface area (Å²) >= 11 is 3.35. The lowest BCUT2D eigenvalue weighted by atomic mass is 10.2. The van der Waals surface area contributed by atoms with Crippen molar-refractivity contribution in [1.29, 1.82) is 0 Å². The molecule has 0 radical (unpaired) electrons. The molecule has 1 aromatic carbocycles. The summed E-state index contributed by atoms with van der Waals surface area (Å²) < 4.78 is 5.85. The second-order valence-corrected chi connectivity index (χ2v) is 4.61.